The van der Waals surface area contributed by atoms with Gasteiger partial charge in [0.2, 0.25) is 5.95 Å². The molecular weight excluding hydrogens is 437 g/mol. The summed E-state index contributed by atoms with van der Waals surface area (Å²) in [6, 6.07) is 15.2. The SMILES string of the molecule is CCCCCCc1ccc(Nc2ncc(C(F)(F)F)c(Nc3ccc(CC(C)C)cc3)n2)cc1. The van der Waals surface area contributed by atoms with E-state index in [0.717, 1.165) is 36.7 Å². The summed E-state index contributed by atoms with van der Waals surface area (Å²) < 4.78 is 40.7. The van der Waals surface area contributed by atoms with Gasteiger partial charge in [0.05, 0.1) is 0 Å². The van der Waals surface area contributed by atoms with E-state index in [9.17, 15) is 13.2 Å². The van der Waals surface area contributed by atoms with Gasteiger partial charge in [0.1, 0.15) is 11.4 Å². The molecular formula is C27H33F3N4. The minimum Gasteiger partial charge on any atom is -0.340 e. The Kier molecular flexibility index (Phi) is 8.91. The molecule has 0 aliphatic heterocycles. The maximum atomic E-state index is 13.6. The zero-order valence-corrected chi connectivity index (χ0v) is 20.0. The highest BCUT2D eigenvalue weighted by Gasteiger charge is 2.35. The second kappa shape index (κ2) is 11.9. The van der Waals surface area contributed by atoms with Crippen LogP contribution in [0.3, 0.4) is 0 Å². The number of aryl methyl sites for hydroxylation is 1. The summed E-state index contributed by atoms with van der Waals surface area (Å²) in [5.74, 6) is 0.318. The second-order valence-corrected chi connectivity index (χ2v) is 9.01. The molecule has 0 aliphatic rings. The normalized spacial score (nSPS) is 11.6. The highest BCUT2D eigenvalue weighted by Crippen LogP contribution is 2.35. The van der Waals surface area contributed by atoms with E-state index in [1.807, 2.05) is 36.4 Å². The van der Waals surface area contributed by atoms with Gasteiger partial charge in [0.25, 0.3) is 0 Å². The Morgan fingerprint density at radius 3 is 2.03 bits per heavy atom. The Morgan fingerprint density at radius 1 is 0.824 bits per heavy atom. The van der Waals surface area contributed by atoms with Gasteiger partial charge < -0.3 is 10.6 Å². The highest BCUT2D eigenvalue weighted by atomic mass is 19.4. The number of alkyl halides is 3. The molecule has 3 rings (SSSR count). The molecule has 7 heteroatoms. The minimum absolute atomic E-state index is 0.0997. The van der Waals surface area contributed by atoms with E-state index in [1.54, 1.807) is 12.1 Å². The lowest BCUT2D eigenvalue weighted by Gasteiger charge is -2.15. The van der Waals surface area contributed by atoms with Crippen LogP contribution in [0.25, 0.3) is 0 Å². The van der Waals surface area contributed by atoms with Gasteiger partial charge in [-0.1, -0.05) is 64.3 Å². The van der Waals surface area contributed by atoms with Crippen LogP contribution >= 0.6 is 0 Å². The smallest absolute Gasteiger partial charge is 0.340 e. The van der Waals surface area contributed by atoms with Crippen LogP contribution in [-0.4, -0.2) is 9.97 Å². The van der Waals surface area contributed by atoms with Crippen LogP contribution in [0.15, 0.2) is 54.7 Å². The number of unbranched alkanes of at least 4 members (excludes halogenated alkanes) is 3. The van der Waals surface area contributed by atoms with Crippen LogP contribution in [0.5, 0.6) is 0 Å². The molecule has 182 valence electrons. The quantitative estimate of drug-likeness (QED) is 0.277. The van der Waals surface area contributed by atoms with Gasteiger partial charge in [-0.2, -0.15) is 18.2 Å². The fourth-order valence-electron chi connectivity index (χ4n) is 3.72. The molecule has 2 N–H and O–H groups in total. The monoisotopic (exact) mass is 470 g/mol. The molecule has 0 saturated carbocycles. The van der Waals surface area contributed by atoms with Gasteiger partial charge in [-0.25, -0.2) is 4.98 Å². The molecule has 0 aliphatic carbocycles. The van der Waals surface area contributed by atoms with Crippen LogP contribution in [0, 0.1) is 5.92 Å². The molecule has 3 aromatic rings. The molecule has 0 bridgehead atoms. The van der Waals surface area contributed by atoms with Crippen LogP contribution in [-0.2, 0) is 19.0 Å². The Morgan fingerprint density at radius 2 is 1.44 bits per heavy atom. The number of anilines is 4. The number of hydrogen-bond acceptors (Lipinski definition) is 4. The minimum atomic E-state index is -4.57. The van der Waals surface area contributed by atoms with Crippen molar-refractivity contribution in [2.75, 3.05) is 10.6 Å². The molecule has 0 fully saturated rings. The van der Waals surface area contributed by atoms with Crippen LogP contribution in [0.1, 0.15) is 63.1 Å². The molecule has 0 radical (unpaired) electrons. The number of halogens is 3. The van der Waals surface area contributed by atoms with Crippen molar-refractivity contribution in [2.24, 2.45) is 5.92 Å². The van der Waals surface area contributed by atoms with Gasteiger partial charge in [0, 0.05) is 17.6 Å². The lowest BCUT2D eigenvalue weighted by Crippen LogP contribution is -2.12. The first-order valence-electron chi connectivity index (χ1n) is 11.9. The van der Waals surface area contributed by atoms with Crippen LogP contribution < -0.4 is 10.6 Å². The van der Waals surface area contributed by atoms with E-state index < -0.39 is 11.7 Å². The third-order valence-electron chi connectivity index (χ3n) is 5.48. The van der Waals surface area contributed by atoms with Crippen molar-refractivity contribution in [1.29, 1.82) is 0 Å². The molecule has 0 unspecified atom stereocenters. The predicted molar refractivity (Wildman–Crippen MR) is 133 cm³/mol. The van der Waals surface area contributed by atoms with E-state index in [-0.39, 0.29) is 11.8 Å². The van der Waals surface area contributed by atoms with Gasteiger partial charge in [-0.05, 0) is 60.6 Å². The van der Waals surface area contributed by atoms with Gasteiger partial charge in [0.15, 0.2) is 0 Å². The fraction of sp³-hybridized carbons (Fsp3) is 0.407. The zero-order valence-electron chi connectivity index (χ0n) is 20.0. The number of aromatic nitrogens is 2. The molecule has 0 amide bonds. The van der Waals surface area contributed by atoms with E-state index in [0.29, 0.717) is 11.6 Å². The zero-order chi connectivity index (χ0) is 24.6. The first kappa shape index (κ1) is 25.5. The molecule has 2 aromatic carbocycles. The van der Waals surface area contributed by atoms with E-state index in [4.69, 9.17) is 0 Å². The predicted octanol–water partition coefficient (Wildman–Crippen LogP) is 8.30. The Bertz CT molecular complexity index is 1030. The average molecular weight is 471 g/mol. The fourth-order valence-corrected chi connectivity index (χ4v) is 3.72. The topological polar surface area (TPSA) is 49.8 Å². The van der Waals surface area contributed by atoms with E-state index >= 15 is 0 Å². The number of benzene rings is 2. The third kappa shape index (κ3) is 7.75. The molecule has 34 heavy (non-hydrogen) atoms. The van der Waals surface area contributed by atoms with E-state index in [2.05, 4.69) is 41.4 Å². The van der Waals surface area contributed by atoms with Crippen molar-refractivity contribution in [2.45, 2.75) is 65.5 Å². The molecule has 1 aromatic heterocycles. The molecule has 1 heterocycles. The largest absolute Gasteiger partial charge is 0.421 e. The first-order chi connectivity index (χ1) is 16.2. The summed E-state index contributed by atoms with van der Waals surface area (Å²) in [6.45, 7) is 6.44. The third-order valence-corrected chi connectivity index (χ3v) is 5.48. The summed E-state index contributed by atoms with van der Waals surface area (Å²) in [7, 11) is 0. The summed E-state index contributed by atoms with van der Waals surface area (Å²) in [4.78, 5) is 8.04. The summed E-state index contributed by atoms with van der Waals surface area (Å²) in [5.41, 5.74) is 2.72. The Hall–Kier alpha value is -3.09. The van der Waals surface area contributed by atoms with Crippen molar-refractivity contribution in [3.63, 3.8) is 0 Å². The molecule has 0 saturated heterocycles. The lowest BCUT2D eigenvalue weighted by molar-refractivity contribution is -0.137. The Balaban J connectivity index is 1.74. The number of nitrogens with one attached hydrogen (secondary N) is 2. The summed E-state index contributed by atoms with van der Waals surface area (Å²) in [5, 5.41) is 5.83. The molecule has 4 nitrogen and oxygen atoms in total. The molecule has 0 spiro atoms. The van der Waals surface area contributed by atoms with Gasteiger partial charge in [-0.3, -0.25) is 0 Å². The number of hydrogen-bond donors (Lipinski definition) is 2. The maximum Gasteiger partial charge on any atom is 0.421 e. The van der Waals surface area contributed by atoms with Crippen LogP contribution in [0.4, 0.5) is 36.3 Å². The lowest BCUT2D eigenvalue weighted by atomic mass is 10.0. The Labute approximate surface area is 200 Å². The van der Waals surface area contributed by atoms with Crippen molar-refractivity contribution in [1.82, 2.24) is 9.97 Å². The van der Waals surface area contributed by atoms with Crippen molar-refractivity contribution < 1.29 is 13.2 Å². The molecule has 0 atom stereocenters. The average Bonchev–Trinajstić information content (AvgIpc) is 2.78. The first-order valence-corrected chi connectivity index (χ1v) is 11.9. The van der Waals surface area contributed by atoms with Gasteiger partial charge in [-0.15, -0.1) is 0 Å². The number of nitrogens with zero attached hydrogens (tertiary/aromatic N) is 2. The summed E-state index contributed by atoms with van der Waals surface area (Å²) in [6.07, 6.45) is 2.97. The maximum absolute atomic E-state index is 13.6. The van der Waals surface area contributed by atoms with E-state index in [1.165, 1.54) is 24.8 Å². The van der Waals surface area contributed by atoms with Crippen LogP contribution in [0.2, 0.25) is 0 Å². The van der Waals surface area contributed by atoms with Gasteiger partial charge >= 0.3 is 6.18 Å². The standard InChI is InChI=1S/C27H33F3N4/c1-4-5-6-7-8-20-9-13-23(14-10-20)33-26-31-18-24(27(28,29)30)25(34-26)32-22-15-11-21(12-16-22)17-19(2)3/h9-16,18-19H,4-8,17H2,1-3H3,(H2,31,32,33,34). The highest BCUT2D eigenvalue weighted by molar-refractivity contribution is 5.63. The van der Waals surface area contributed by atoms with Crippen molar-refractivity contribution in [3.8, 4) is 0 Å². The number of rotatable bonds is 11. The van der Waals surface area contributed by atoms with Crippen molar-refractivity contribution in [3.05, 3.63) is 71.4 Å². The van der Waals surface area contributed by atoms with Crippen molar-refractivity contribution >= 4 is 23.1 Å². The second-order valence-electron chi connectivity index (χ2n) is 9.01. The summed E-state index contributed by atoms with van der Waals surface area (Å²) >= 11 is 0.